The number of hydrogen-bond donors (Lipinski definition) is 4. The number of nitrogens with two attached hydrogens (primary N) is 1. The molecule has 0 spiro atoms. The molecule has 0 radical (unpaired) electrons. The zero-order valence-corrected chi connectivity index (χ0v) is 4.53. The maximum atomic E-state index is 9.76. The van der Waals surface area contributed by atoms with Gasteiger partial charge in [0.15, 0.2) is 0 Å². The van der Waals surface area contributed by atoms with E-state index >= 15 is 0 Å². The second-order valence-electron chi connectivity index (χ2n) is 1.34. The van der Waals surface area contributed by atoms with E-state index in [1.807, 2.05) is 0 Å². The van der Waals surface area contributed by atoms with Gasteiger partial charge in [-0.05, 0) is 0 Å². The second-order valence-corrected chi connectivity index (χ2v) is 1.34. The molecule has 6 heteroatoms. The topological polar surface area (TPSA) is 111 Å². The summed E-state index contributed by atoms with van der Waals surface area (Å²) in [7, 11) is 0. The van der Waals surface area contributed by atoms with Gasteiger partial charge in [0.1, 0.15) is 6.54 Å². The molecule has 0 heterocycles. The SMILES string of the molecule is N=C(N)N(O)CC(=O)O. The predicted molar refractivity (Wildman–Crippen MR) is 28.0 cm³/mol. The highest BCUT2D eigenvalue weighted by Crippen LogP contribution is 1.76. The van der Waals surface area contributed by atoms with Gasteiger partial charge in [-0.25, -0.2) is 5.06 Å². The highest BCUT2D eigenvalue weighted by atomic mass is 16.5. The van der Waals surface area contributed by atoms with Gasteiger partial charge in [0.25, 0.3) is 0 Å². The maximum absolute atomic E-state index is 9.76. The zero-order chi connectivity index (χ0) is 7.44. The molecule has 0 saturated heterocycles. The summed E-state index contributed by atoms with van der Waals surface area (Å²) in [5, 5.41) is 23.0. The number of aliphatic carboxylic acids is 1. The van der Waals surface area contributed by atoms with Gasteiger partial charge in [0.05, 0.1) is 0 Å². The van der Waals surface area contributed by atoms with Crippen LogP contribution in [0.15, 0.2) is 0 Å². The molecule has 0 atom stereocenters. The molecule has 0 saturated carbocycles. The van der Waals surface area contributed by atoms with E-state index in [2.05, 4.69) is 5.73 Å². The minimum absolute atomic E-state index is 0.127. The van der Waals surface area contributed by atoms with Crippen molar-refractivity contribution in [3.8, 4) is 0 Å². The molecule has 0 aliphatic heterocycles. The van der Waals surface area contributed by atoms with E-state index in [1.54, 1.807) is 0 Å². The number of nitrogens with zero attached hydrogens (tertiary/aromatic N) is 1. The van der Waals surface area contributed by atoms with Gasteiger partial charge in [0.2, 0.25) is 5.96 Å². The summed E-state index contributed by atoms with van der Waals surface area (Å²) in [5.41, 5.74) is 4.68. The molecular formula is C3H7N3O3. The van der Waals surface area contributed by atoms with Crippen molar-refractivity contribution in [3.63, 3.8) is 0 Å². The molecule has 0 aliphatic carbocycles. The molecule has 0 unspecified atom stereocenters. The number of nitrogens with one attached hydrogen (secondary N) is 1. The third kappa shape index (κ3) is 3.30. The number of hydroxylamine groups is 2. The van der Waals surface area contributed by atoms with Crippen molar-refractivity contribution in [3.05, 3.63) is 0 Å². The summed E-state index contributed by atoms with van der Waals surface area (Å²) in [6.07, 6.45) is 0. The first-order chi connectivity index (χ1) is 4.04. The molecule has 0 aromatic rings. The van der Waals surface area contributed by atoms with E-state index < -0.39 is 18.5 Å². The Morgan fingerprint density at radius 3 is 2.33 bits per heavy atom. The summed E-state index contributed by atoms with van der Waals surface area (Å²) < 4.78 is 0. The minimum Gasteiger partial charge on any atom is -0.480 e. The predicted octanol–water partition coefficient (Wildman–Crippen LogP) is -1.34. The van der Waals surface area contributed by atoms with Crippen LogP contribution in [-0.4, -0.2) is 33.9 Å². The molecule has 0 aromatic heterocycles. The van der Waals surface area contributed by atoms with Gasteiger partial charge >= 0.3 is 5.97 Å². The first kappa shape index (κ1) is 7.70. The van der Waals surface area contributed by atoms with Crippen molar-refractivity contribution in [1.29, 1.82) is 5.41 Å². The minimum atomic E-state index is -1.24. The van der Waals surface area contributed by atoms with Crippen LogP contribution in [0.2, 0.25) is 0 Å². The van der Waals surface area contributed by atoms with E-state index in [1.165, 1.54) is 0 Å². The van der Waals surface area contributed by atoms with Crippen LogP contribution in [-0.2, 0) is 4.79 Å². The molecule has 52 valence electrons. The monoisotopic (exact) mass is 133 g/mol. The summed E-state index contributed by atoms with van der Waals surface area (Å²) in [4.78, 5) is 9.76. The average molecular weight is 133 g/mol. The maximum Gasteiger partial charge on any atom is 0.325 e. The summed E-state index contributed by atoms with van der Waals surface area (Å²) in [6.45, 7) is -0.671. The smallest absolute Gasteiger partial charge is 0.325 e. The molecule has 0 fully saturated rings. The van der Waals surface area contributed by atoms with Crippen molar-refractivity contribution in [2.24, 2.45) is 5.73 Å². The van der Waals surface area contributed by atoms with Crippen molar-refractivity contribution in [2.45, 2.75) is 0 Å². The van der Waals surface area contributed by atoms with Gasteiger partial charge < -0.3 is 10.8 Å². The Morgan fingerprint density at radius 2 is 2.22 bits per heavy atom. The van der Waals surface area contributed by atoms with Crippen LogP contribution in [0.1, 0.15) is 0 Å². The molecule has 5 N–H and O–H groups in total. The summed E-state index contributed by atoms with van der Waals surface area (Å²) in [5.74, 6) is -1.93. The lowest BCUT2D eigenvalue weighted by atomic mass is 10.6. The molecule has 0 aromatic carbocycles. The molecule has 0 bridgehead atoms. The van der Waals surface area contributed by atoms with Gasteiger partial charge in [0, 0.05) is 0 Å². The zero-order valence-electron chi connectivity index (χ0n) is 4.53. The Labute approximate surface area is 51.0 Å². The van der Waals surface area contributed by atoms with Crippen LogP contribution in [0.5, 0.6) is 0 Å². The quantitative estimate of drug-likeness (QED) is 0.211. The van der Waals surface area contributed by atoms with Gasteiger partial charge in [-0.3, -0.25) is 15.4 Å². The summed E-state index contributed by atoms with van der Waals surface area (Å²) in [6, 6.07) is 0. The number of carboxylic acids is 1. The number of carboxylic acid groups (broad SMARTS) is 1. The van der Waals surface area contributed by atoms with Crippen LogP contribution in [0.4, 0.5) is 0 Å². The highest BCUT2D eigenvalue weighted by Gasteiger charge is 2.05. The number of rotatable bonds is 2. The van der Waals surface area contributed by atoms with Crippen molar-refractivity contribution < 1.29 is 15.1 Å². The van der Waals surface area contributed by atoms with Gasteiger partial charge in [-0.2, -0.15) is 0 Å². The van der Waals surface area contributed by atoms with Crippen LogP contribution < -0.4 is 5.73 Å². The van der Waals surface area contributed by atoms with Crippen molar-refractivity contribution >= 4 is 11.9 Å². The summed E-state index contributed by atoms with van der Waals surface area (Å²) >= 11 is 0. The van der Waals surface area contributed by atoms with Gasteiger partial charge in [-0.1, -0.05) is 0 Å². The standard InChI is InChI=1S/C3H7N3O3/c4-3(5)6(9)1-2(7)8/h9H,1H2,(H3,4,5)(H,7,8). The lowest BCUT2D eigenvalue weighted by molar-refractivity contribution is -0.144. The average Bonchev–Trinajstić information content (AvgIpc) is 1.63. The van der Waals surface area contributed by atoms with E-state index in [9.17, 15) is 4.79 Å². The largest absolute Gasteiger partial charge is 0.480 e. The Hall–Kier alpha value is -1.30. The number of guanidine groups is 1. The molecule has 0 aliphatic rings. The fourth-order valence-corrected chi connectivity index (χ4v) is 0.213. The Balaban J connectivity index is 3.63. The van der Waals surface area contributed by atoms with Crippen molar-refractivity contribution in [2.75, 3.05) is 6.54 Å². The molecule has 0 amide bonds. The van der Waals surface area contributed by atoms with Crippen LogP contribution in [0, 0.1) is 5.41 Å². The normalized spacial score (nSPS) is 8.56. The lowest BCUT2D eigenvalue weighted by Gasteiger charge is -2.09. The third-order valence-electron chi connectivity index (χ3n) is 0.563. The van der Waals surface area contributed by atoms with E-state index in [0.29, 0.717) is 0 Å². The molecule has 6 nitrogen and oxygen atoms in total. The first-order valence-electron chi connectivity index (χ1n) is 2.06. The molecular weight excluding hydrogens is 126 g/mol. The van der Waals surface area contributed by atoms with Crippen LogP contribution >= 0.6 is 0 Å². The molecule has 0 rings (SSSR count). The van der Waals surface area contributed by atoms with Crippen molar-refractivity contribution in [1.82, 2.24) is 5.06 Å². The van der Waals surface area contributed by atoms with E-state index in [-0.39, 0.29) is 5.06 Å². The fraction of sp³-hybridized carbons (Fsp3) is 0.333. The second kappa shape index (κ2) is 2.88. The molecule has 9 heavy (non-hydrogen) atoms. The van der Waals surface area contributed by atoms with E-state index in [0.717, 1.165) is 0 Å². The van der Waals surface area contributed by atoms with Crippen LogP contribution in [0.25, 0.3) is 0 Å². The highest BCUT2D eigenvalue weighted by molar-refractivity contribution is 5.79. The lowest BCUT2D eigenvalue weighted by Crippen LogP contribution is -2.37. The third-order valence-corrected chi connectivity index (χ3v) is 0.563. The van der Waals surface area contributed by atoms with Crippen LogP contribution in [0.3, 0.4) is 0 Å². The number of hydrogen-bond acceptors (Lipinski definition) is 3. The number of carbonyl (C=O) groups is 1. The van der Waals surface area contributed by atoms with E-state index in [4.69, 9.17) is 15.7 Å². The fourth-order valence-electron chi connectivity index (χ4n) is 0.213. The Morgan fingerprint density at radius 1 is 1.78 bits per heavy atom. The first-order valence-corrected chi connectivity index (χ1v) is 2.06. The van der Waals surface area contributed by atoms with Gasteiger partial charge in [-0.15, -0.1) is 0 Å². The Kier molecular flexibility index (Phi) is 2.46. The Bertz CT molecular complexity index is 134.